The minimum Gasteiger partial charge on any atom is -0.326 e. The summed E-state index contributed by atoms with van der Waals surface area (Å²) in [6.45, 7) is 3.57. The van der Waals surface area contributed by atoms with Crippen molar-refractivity contribution >= 4 is 5.78 Å². The quantitative estimate of drug-likeness (QED) is 0.344. The van der Waals surface area contributed by atoms with Crippen LogP contribution in [-0.4, -0.2) is 36.9 Å². The fraction of sp³-hybridized carbons (Fsp3) is 0.950. The number of ketones is 1. The number of rotatable bonds is 12. The molecule has 0 aromatic carbocycles. The summed E-state index contributed by atoms with van der Waals surface area (Å²) in [7, 11) is 4.74. The van der Waals surface area contributed by atoms with Gasteiger partial charge in [-0.05, 0) is 12.8 Å². The second-order valence-corrected chi connectivity index (χ2v) is 7.95. The van der Waals surface area contributed by atoms with Crippen LogP contribution in [0.15, 0.2) is 0 Å². The summed E-state index contributed by atoms with van der Waals surface area (Å²) in [5, 5.41) is 0. The monoisotopic (exact) mass is 310 g/mol. The van der Waals surface area contributed by atoms with Crippen LogP contribution in [0, 0.1) is 0 Å². The molecule has 1 rings (SSSR count). The van der Waals surface area contributed by atoms with Gasteiger partial charge in [-0.2, -0.15) is 0 Å². The van der Waals surface area contributed by atoms with Gasteiger partial charge in [-0.15, -0.1) is 0 Å². The van der Waals surface area contributed by atoms with Crippen LogP contribution in [0.2, 0.25) is 0 Å². The molecule has 2 heteroatoms. The van der Waals surface area contributed by atoms with E-state index in [1.807, 2.05) is 0 Å². The summed E-state index contributed by atoms with van der Waals surface area (Å²) in [5.41, 5.74) is 0. The Hall–Kier alpha value is -0.370. The van der Waals surface area contributed by atoms with Crippen molar-refractivity contribution in [2.45, 2.75) is 103 Å². The van der Waals surface area contributed by atoms with E-state index in [0.717, 1.165) is 36.2 Å². The van der Waals surface area contributed by atoms with Crippen LogP contribution in [0.3, 0.4) is 0 Å². The number of carbonyl (C=O) groups is 1. The molecule has 1 saturated carbocycles. The van der Waals surface area contributed by atoms with Gasteiger partial charge in [0.25, 0.3) is 0 Å². The van der Waals surface area contributed by atoms with E-state index in [-0.39, 0.29) is 0 Å². The molecule has 0 heterocycles. The molecule has 130 valence electrons. The molecule has 0 spiro atoms. The molecule has 0 atom stereocenters. The Labute approximate surface area is 139 Å². The Balaban J connectivity index is 1.98. The zero-order valence-corrected chi connectivity index (χ0v) is 15.5. The minimum atomic E-state index is 0.482. The highest BCUT2D eigenvalue weighted by molar-refractivity contribution is 5.79. The average Bonchev–Trinajstić information content (AvgIpc) is 2.49. The molecule has 2 nitrogen and oxygen atoms in total. The van der Waals surface area contributed by atoms with Crippen molar-refractivity contribution in [2.24, 2.45) is 0 Å². The number of hydrogen-bond donors (Lipinski definition) is 0. The van der Waals surface area contributed by atoms with Gasteiger partial charge >= 0.3 is 0 Å². The van der Waals surface area contributed by atoms with Crippen LogP contribution < -0.4 is 0 Å². The largest absolute Gasteiger partial charge is 0.326 e. The standard InChI is InChI=1S/C20H40NO/c1-4-5-6-7-8-9-10-11-12-13-18-21(2,3)19-14-16-20(22)17-15-19/h19H,4-18H2,1-3H3/q+1. The first kappa shape index (κ1) is 19.7. The molecule has 22 heavy (non-hydrogen) atoms. The molecular weight excluding hydrogens is 270 g/mol. The van der Waals surface area contributed by atoms with E-state index < -0.39 is 0 Å². The third-order valence-corrected chi connectivity index (χ3v) is 5.59. The first-order valence-corrected chi connectivity index (χ1v) is 9.90. The maximum absolute atomic E-state index is 11.4. The van der Waals surface area contributed by atoms with Gasteiger partial charge in [0, 0.05) is 25.7 Å². The third-order valence-electron chi connectivity index (χ3n) is 5.59. The Morgan fingerprint density at radius 2 is 1.27 bits per heavy atom. The summed E-state index contributed by atoms with van der Waals surface area (Å²) in [6, 6.07) is 0.719. The van der Waals surface area contributed by atoms with Crippen molar-refractivity contribution in [3.8, 4) is 0 Å². The van der Waals surface area contributed by atoms with Gasteiger partial charge in [-0.3, -0.25) is 4.79 Å². The molecule has 0 aromatic heterocycles. The van der Waals surface area contributed by atoms with Gasteiger partial charge in [0.05, 0.1) is 26.7 Å². The molecule has 0 amide bonds. The molecule has 0 radical (unpaired) electrons. The molecule has 1 aliphatic rings. The van der Waals surface area contributed by atoms with Crippen LogP contribution in [0.1, 0.15) is 96.8 Å². The van der Waals surface area contributed by atoms with E-state index >= 15 is 0 Å². The van der Waals surface area contributed by atoms with Crippen LogP contribution >= 0.6 is 0 Å². The molecule has 0 saturated heterocycles. The molecular formula is C20H40NO+. The lowest BCUT2D eigenvalue weighted by atomic mass is 9.92. The molecule has 1 fully saturated rings. The first-order valence-electron chi connectivity index (χ1n) is 9.90. The first-order chi connectivity index (χ1) is 10.6. The van der Waals surface area contributed by atoms with Crippen molar-refractivity contribution in [3.05, 3.63) is 0 Å². The second kappa shape index (κ2) is 11.2. The van der Waals surface area contributed by atoms with E-state index in [0.29, 0.717) is 5.78 Å². The van der Waals surface area contributed by atoms with Crippen molar-refractivity contribution in [3.63, 3.8) is 0 Å². The molecule has 0 aromatic rings. The Morgan fingerprint density at radius 3 is 1.77 bits per heavy atom. The number of quaternary nitrogens is 1. The van der Waals surface area contributed by atoms with Crippen LogP contribution in [0.5, 0.6) is 0 Å². The van der Waals surface area contributed by atoms with Crippen molar-refractivity contribution in [1.29, 1.82) is 0 Å². The SMILES string of the molecule is CCCCCCCCCCCC[N+](C)(C)C1CCC(=O)CC1. The van der Waals surface area contributed by atoms with E-state index in [9.17, 15) is 4.79 Å². The van der Waals surface area contributed by atoms with Crippen LogP contribution in [0.25, 0.3) is 0 Å². The summed E-state index contributed by atoms with van der Waals surface area (Å²) in [6.07, 6.45) is 18.0. The topological polar surface area (TPSA) is 17.1 Å². The van der Waals surface area contributed by atoms with Gasteiger partial charge in [0.15, 0.2) is 0 Å². The fourth-order valence-electron chi connectivity index (χ4n) is 3.81. The molecule has 0 bridgehead atoms. The number of hydrogen-bond acceptors (Lipinski definition) is 1. The van der Waals surface area contributed by atoms with E-state index in [1.54, 1.807) is 0 Å². The lowest BCUT2D eigenvalue weighted by molar-refractivity contribution is -0.916. The summed E-state index contributed by atoms with van der Waals surface area (Å²) < 4.78 is 1.13. The van der Waals surface area contributed by atoms with Crippen LogP contribution in [0.4, 0.5) is 0 Å². The second-order valence-electron chi connectivity index (χ2n) is 7.95. The van der Waals surface area contributed by atoms with E-state index in [4.69, 9.17) is 0 Å². The smallest absolute Gasteiger partial charge is 0.133 e. The fourth-order valence-corrected chi connectivity index (χ4v) is 3.81. The normalized spacial score (nSPS) is 17.1. The van der Waals surface area contributed by atoms with Crippen molar-refractivity contribution in [1.82, 2.24) is 0 Å². The molecule has 0 unspecified atom stereocenters. The average molecular weight is 311 g/mol. The van der Waals surface area contributed by atoms with Crippen LogP contribution in [-0.2, 0) is 4.79 Å². The summed E-state index contributed by atoms with van der Waals surface area (Å²) >= 11 is 0. The molecule has 0 N–H and O–H groups in total. The Kier molecular flexibility index (Phi) is 10.0. The van der Waals surface area contributed by atoms with Crippen molar-refractivity contribution in [2.75, 3.05) is 20.6 Å². The number of carbonyl (C=O) groups excluding carboxylic acids is 1. The molecule has 1 aliphatic carbocycles. The Bertz CT molecular complexity index is 288. The number of nitrogens with zero attached hydrogens (tertiary/aromatic N) is 1. The van der Waals surface area contributed by atoms with E-state index in [2.05, 4.69) is 21.0 Å². The highest BCUT2D eigenvalue weighted by atomic mass is 16.1. The maximum atomic E-state index is 11.4. The third kappa shape index (κ3) is 8.31. The van der Waals surface area contributed by atoms with Gasteiger partial charge in [0.1, 0.15) is 5.78 Å². The predicted molar refractivity (Wildman–Crippen MR) is 96.1 cm³/mol. The highest BCUT2D eigenvalue weighted by Gasteiger charge is 2.31. The van der Waals surface area contributed by atoms with Gasteiger partial charge < -0.3 is 4.48 Å². The minimum absolute atomic E-state index is 0.482. The zero-order valence-electron chi connectivity index (χ0n) is 15.5. The van der Waals surface area contributed by atoms with Gasteiger partial charge in [0.2, 0.25) is 0 Å². The predicted octanol–water partition coefficient (Wildman–Crippen LogP) is 5.50. The highest BCUT2D eigenvalue weighted by Crippen LogP contribution is 2.24. The number of unbranched alkanes of at least 4 members (excludes halogenated alkanes) is 9. The van der Waals surface area contributed by atoms with E-state index in [1.165, 1.54) is 70.8 Å². The summed E-state index contributed by atoms with van der Waals surface area (Å²) in [5.74, 6) is 0.482. The molecule has 0 aliphatic heterocycles. The van der Waals surface area contributed by atoms with Gasteiger partial charge in [-0.1, -0.05) is 58.3 Å². The van der Waals surface area contributed by atoms with Gasteiger partial charge in [-0.25, -0.2) is 0 Å². The lowest BCUT2D eigenvalue weighted by Crippen LogP contribution is -2.50. The number of Topliss-reactive ketones (excluding diaryl/α,β-unsaturated/α-hetero) is 1. The Morgan fingerprint density at radius 1 is 0.818 bits per heavy atom. The summed E-state index contributed by atoms with van der Waals surface area (Å²) in [4.78, 5) is 11.4. The van der Waals surface area contributed by atoms with Crippen molar-refractivity contribution < 1.29 is 9.28 Å². The maximum Gasteiger partial charge on any atom is 0.133 e. The lowest BCUT2D eigenvalue weighted by Gasteiger charge is -2.40. The zero-order chi connectivity index (χ0) is 16.3.